The van der Waals surface area contributed by atoms with Crippen LogP contribution in [0.2, 0.25) is 18.6 Å². The maximum Gasteiger partial charge on any atom is 0.169 e. The fourth-order valence-corrected chi connectivity index (χ4v) is 4.15. The van der Waals surface area contributed by atoms with Gasteiger partial charge in [-0.3, -0.25) is 0 Å². The molecule has 1 unspecified atom stereocenters. The lowest BCUT2D eigenvalue weighted by Gasteiger charge is -2.00. The van der Waals surface area contributed by atoms with E-state index in [0.29, 0.717) is 0 Å². The van der Waals surface area contributed by atoms with Crippen LogP contribution in [-0.2, 0) is 4.43 Å². The Morgan fingerprint density at radius 1 is 1.67 bits per heavy atom. The second-order valence-corrected chi connectivity index (χ2v) is 5.99. The van der Waals surface area contributed by atoms with Gasteiger partial charge in [0.05, 0.1) is 0 Å². The highest BCUT2D eigenvalue weighted by Crippen LogP contribution is 1.93. The molecule has 0 aromatic heterocycles. The van der Waals surface area contributed by atoms with Gasteiger partial charge in [0.25, 0.3) is 0 Å². The van der Waals surface area contributed by atoms with E-state index in [1.165, 1.54) is 0 Å². The molecule has 0 aliphatic rings. The van der Waals surface area contributed by atoms with Gasteiger partial charge in [-0.25, -0.2) is 0 Å². The third-order valence-electron chi connectivity index (χ3n) is 1.11. The zero-order valence-corrected chi connectivity index (χ0v) is 8.83. The Hall–Kier alpha value is 0.354. The first-order valence-electron chi connectivity index (χ1n) is 3.53. The molecule has 0 aromatic rings. The summed E-state index contributed by atoms with van der Waals surface area (Å²) in [6.07, 6.45) is 0. The van der Waals surface area contributed by atoms with Crippen molar-refractivity contribution >= 4 is 18.8 Å². The van der Waals surface area contributed by atoms with E-state index in [0.717, 1.165) is 18.7 Å². The highest BCUT2D eigenvalue weighted by Gasteiger charge is 1.96. The van der Waals surface area contributed by atoms with Crippen LogP contribution in [0.3, 0.4) is 0 Å². The molecule has 1 atom stereocenters. The molecule has 56 valence electrons. The Morgan fingerprint density at radius 2 is 2.33 bits per heavy atom. The van der Waals surface area contributed by atoms with Gasteiger partial charge < -0.3 is 9.22 Å². The third kappa shape index (κ3) is 8.35. The largest absolute Gasteiger partial charge is 0.435 e. The summed E-state index contributed by atoms with van der Waals surface area (Å²) in [4.78, 5) is 8.96. The number of hydrogen-bond donors (Lipinski definition) is 1. The first-order valence-corrected chi connectivity index (χ1v) is 7.59. The second kappa shape index (κ2) is 6.47. The van der Waals surface area contributed by atoms with Gasteiger partial charge in [-0.2, -0.15) is 0 Å². The van der Waals surface area contributed by atoms with E-state index in [1.807, 2.05) is 13.5 Å². The normalized spacial score (nSPS) is 15.0. The lowest BCUT2D eigenvalue weighted by atomic mass is 10.9. The molecule has 0 saturated heterocycles. The first-order chi connectivity index (χ1) is 4.27. The van der Waals surface area contributed by atoms with Crippen molar-refractivity contribution in [3.05, 3.63) is 0 Å². The number of rotatable bonds is 5. The molecule has 0 amide bonds. The van der Waals surface area contributed by atoms with Crippen molar-refractivity contribution in [2.75, 3.05) is 6.61 Å². The zero-order valence-electron chi connectivity index (χ0n) is 6.26. The highest BCUT2D eigenvalue weighted by atomic mass is 28.3. The lowest BCUT2D eigenvalue weighted by Crippen LogP contribution is -2.07. The summed E-state index contributed by atoms with van der Waals surface area (Å²) in [7, 11) is -1.52. The second-order valence-electron chi connectivity index (χ2n) is 2.19. The summed E-state index contributed by atoms with van der Waals surface area (Å²) in [5, 5.41) is 0. The van der Waals surface area contributed by atoms with Gasteiger partial charge in [-0.15, -0.1) is 0 Å². The molecule has 0 fully saturated rings. The van der Waals surface area contributed by atoms with Crippen LogP contribution in [-0.4, -0.2) is 30.2 Å². The predicted molar refractivity (Wildman–Crippen MR) is 45.0 cm³/mol. The minimum Gasteiger partial charge on any atom is -0.435 e. The molecule has 2 nitrogen and oxygen atoms in total. The van der Waals surface area contributed by atoms with Gasteiger partial charge in [0.1, 0.15) is 0 Å². The van der Waals surface area contributed by atoms with Crippen LogP contribution in [0.5, 0.6) is 0 Å². The summed E-state index contributed by atoms with van der Waals surface area (Å²) < 4.78 is 5.23. The van der Waals surface area contributed by atoms with E-state index in [4.69, 9.17) is 9.22 Å². The summed E-state index contributed by atoms with van der Waals surface area (Å²) in [5.74, 6) is 0. The average Bonchev–Trinajstić information content (AvgIpc) is 1.80. The molecule has 0 spiro atoms. The SMILES string of the molecule is CCO[SiH2]CC[SiH](C)O. The Kier molecular flexibility index (Phi) is 6.73. The highest BCUT2D eigenvalue weighted by molar-refractivity contribution is 6.50. The van der Waals surface area contributed by atoms with Crippen LogP contribution in [0, 0.1) is 0 Å². The smallest absolute Gasteiger partial charge is 0.169 e. The molecular formula is C5H16O2Si2. The maximum absolute atomic E-state index is 8.96. The first kappa shape index (κ1) is 9.35. The quantitative estimate of drug-likeness (QED) is 0.453. The van der Waals surface area contributed by atoms with Gasteiger partial charge in [-0.1, -0.05) is 0 Å². The van der Waals surface area contributed by atoms with Gasteiger partial charge >= 0.3 is 0 Å². The van der Waals surface area contributed by atoms with Gasteiger partial charge in [0.15, 0.2) is 18.8 Å². The average molecular weight is 164 g/mol. The molecule has 0 aromatic carbocycles. The van der Waals surface area contributed by atoms with Crippen molar-refractivity contribution in [1.29, 1.82) is 0 Å². The predicted octanol–water partition coefficient (Wildman–Crippen LogP) is -0.129. The van der Waals surface area contributed by atoms with Gasteiger partial charge in [-0.05, 0) is 25.6 Å². The molecule has 0 rings (SSSR count). The molecule has 0 aliphatic heterocycles. The monoisotopic (exact) mass is 164 g/mol. The van der Waals surface area contributed by atoms with E-state index in [9.17, 15) is 0 Å². The van der Waals surface area contributed by atoms with Gasteiger partial charge in [0.2, 0.25) is 0 Å². The van der Waals surface area contributed by atoms with E-state index >= 15 is 0 Å². The summed E-state index contributed by atoms with van der Waals surface area (Å²) >= 11 is 0. The van der Waals surface area contributed by atoms with E-state index < -0.39 is 9.04 Å². The molecule has 0 saturated carbocycles. The van der Waals surface area contributed by atoms with E-state index in [-0.39, 0.29) is 9.76 Å². The minimum absolute atomic E-state index is 0.257. The Labute approximate surface area is 60.9 Å². The molecule has 0 aliphatic carbocycles. The zero-order chi connectivity index (χ0) is 7.11. The van der Waals surface area contributed by atoms with Crippen LogP contribution in [0.25, 0.3) is 0 Å². The topological polar surface area (TPSA) is 29.5 Å². The van der Waals surface area contributed by atoms with Crippen molar-refractivity contribution < 1.29 is 9.22 Å². The van der Waals surface area contributed by atoms with Crippen molar-refractivity contribution in [2.45, 2.75) is 25.6 Å². The Bertz CT molecular complexity index is 58.9. The minimum atomic E-state index is -1.26. The maximum atomic E-state index is 8.96. The molecule has 1 N–H and O–H groups in total. The van der Waals surface area contributed by atoms with Crippen molar-refractivity contribution in [3.63, 3.8) is 0 Å². The fraction of sp³-hybridized carbons (Fsp3) is 1.00. The Morgan fingerprint density at radius 3 is 2.78 bits per heavy atom. The molecule has 0 bridgehead atoms. The van der Waals surface area contributed by atoms with Crippen molar-refractivity contribution in [1.82, 2.24) is 0 Å². The van der Waals surface area contributed by atoms with Crippen LogP contribution >= 0.6 is 0 Å². The van der Waals surface area contributed by atoms with Crippen molar-refractivity contribution in [3.8, 4) is 0 Å². The molecule has 4 heteroatoms. The van der Waals surface area contributed by atoms with Gasteiger partial charge in [0, 0.05) is 6.61 Å². The number of hydrogen-bond acceptors (Lipinski definition) is 2. The van der Waals surface area contributed by atoms with Crippen molar-refractivity contribution in [2.24, 2.45) is 0 Å². The third-order valence-corrected chi connectivity index (χ3v) is 4.57. The van der Waals surface area contributed by atoms with E-state index in [1.54, 1.807) is 0 Å². The van der Waals surface area contributed by atoms with E-state index in [2.05, 4.69) is 0 Å². The Balaban J connectivity index is 2.75. The summed E-state index contributed by atoms with van der Waals surface area (Å²) in [6.45, 7) is 4.83. The van der Waals surface area contributed by atoms with Crippen LogP contribution < -0.4 is 0 Å². The molecule has 0 radical (unpaired) electrons. The van der Waals surface area contributed by atoms with Crippen LogP contribution in [0.4, 0.5) is 0 Å². The molecule has 0 heterocycles. The molecule has 9 heavy (non-hydrogen) atoms. The lowest BCUT2D eigenvalue weighted by molar-refractivity contribution is 0.360. The summed E-state index contributed by atoms with van der Waals surface area (Å²) in [5.41, 5.74) is 0. The van der Waals surface area contributed by atoms with Crippen LogP contribution in [0.15, 0.2) is 0 Å². The molecular weight excluding hydrogens is 148 g/mol. The summed E-state index contributed by atoms with van der Waals surface area (Å²) in [6, 6.07) is 2.21. The standard InChI is InChI=1S/C5H16O2Si2/c1-3-7-8-4-5-9(2)6/h6,9H,3-5,8H2,1-2H3. The van der Waals surface area contributed by atoms with Crippen LogP contribution in [0.1, 0.15) is 6.92 Å². The fourth-order valence-electron chi connectivity index (χ4n) is 0.625.